The molecule has 0 saturated heterocycles. The summed E-state index contributed by atoms with van der Waals surface area (Å²) in [5, 5.41) is 9.29. The summed E-state index contributed by atoms with van der Waals surface area (Å²) in [6, 6.07) is 7.81. The number of amides is 1. The number of hydrogen-bond donors (Lipinski definition) is 1. The molecule has 5 nitrogen and oxygen atoms in total. The van der Waals surface area contributed by atoms with Crippen LogP contribution in [0.1, 0.15) is 19.3 Å². The lowest BCUT2D eigenvalue weighted by molar-refractivity contribution is -0.145. The fraction of sp³-hybridized carbons (Fsp3) is 0.500. The van der Waals surface area contributed by atoms with Crippen LogP contribution >= 0.6 is 0 Å². The van der Waals surface area contributed by atoms with Crippen LogP contribution in [0.5, 0.6) is 0 Å². The minimum Gasteiger partial charge on any atom is -0.481 e. The van der Waals surface area contributed by atoms with Gasteiger partial charge in [-0.1, -0.05) is 18.6 Å². The van der Waals surface area contributed by atoms with Gasteiger partial charge in [-0.3, -0.25) is 9.59 Å². The number of para-hydroxylation sites is 2. The molecule has 3 rings (SSSR count). The van der Waals surface area contributed by atoms with Gasteiger partial charge in [0.15, 0.2) is 0 Å². The quantitative estimate of drug-likeness (QED) is 0.904. The lowest BCUT2D eigenvalue weighted by Gasteiger charge is -2.37. The van der Waals surface area contributed by atoms with Gasteiger partial charge < -0.3 is 14.9 Å². The van der Waals surface area contributed by atoms with Crippen molar-refractivity contribution in [3.63, 3.8) is 0 Å². The Bertz CT molecular complexity index is 572. The standard InChI is InChI=1S/C16H20N2O3/c1-17-9-10-18(14-8-3-2-7-13(14)17)15(19)11-5-4-6-12(11)16(20)21/h2-3,7-8,11-12H,4-6,9-10H2,1H3,(H,20,21)/t11-,12+/m1/s1. The highest BCUT2D eigenvalue weighted by Crippen LogP contribution is 2.38. The molecule has 0 radical (unpaired) electrons. The van der Waals surface area contributed by atoms with Crippen molar-refractivity contribution >= 4 is 23.3 Å². The molecule has 1 aromatic rings. The molecule has 0 unspecified atom stereocenters. The van der Waals surface area contributed by atoms with Gasteiger partial charge in [-0.2, -0.15) is 0 Å². The second kappa shape index (κ2) is 5.39. The summed E-state index contributed by atoms with van der Waals surface area (Å²) in [5.41, 5.74) is 1.93. The van der Waals surface area contributed by atoms with Crippen LogP contribution in [-0.4, -0.2) is 37.1 Å². The number of anilines is 2. The number of carboxylic acid groups (broad SMARTS) is 1. The average Bonchev–Trinajstić information content (AvgIpc) is 2.97. The van der Waals surface area contributed by atoms with Crippen molar-refractivity contribution in [1.82, 2.24) is 0 Å². The summed E-state index contributed by atoms with van der Waals surface area (Å²) >= 11 is 0. The molecule has 112 valence electrons. The molecule has 2 aliphatic rings. The van der Waals surface area contributed by atoms with E-state index in [-0.39, 0.29) is 11.8 Å². The number of rotatable bonds is 2. The number of aliphatic carboxylic acids is 1. The molecule has 1 aliphatic heterocycles. The Hall–Kier alpha value is -2.04. The predicted octanol–water partition coefficient (Wildman–Crippen LogP) is 1.97. The lowest BCUT2D eigenvalue weighted by Crippen LogP contribution is -2.46. The molecule has 0 spiro atoms. The van der Waals surface area contributed by atoms with E-state index in [2.05, 4.69) is 4.90 Å². The van der Waals surface area contributed by atoms with Crippen LogP contribution < -0.4 is 9.80 Å². The number of hydrogen-bond acceptors (Lipinski definition) is 3. The highest BCUT2D eigenvalue weighted by molar-refractivity contribution is 6.00. The van der Waals surface area contributed by atoms with E-state index in [4.69, 9.17) is 0 Å². The zero-order chi connectivity index (χ0) is 15.0. The van der Waals surface area contributed by atoms with Gasteiger partial charge in [0.2, 0.25) is 5.91 Å². The van der Waals surface area contributed by atoms with E-state index in [0.29, 0.717) is 19.4 Å². The largest absolute Gasteiger partial charge is 0.481 e. The van der Waals surface area contributed by atoms with Gasteiger partial charge in [-0.25, -0.2) is 0 Å². The van der Waals surface area contributed by atoms with Crippen molar-refractivity contribution in [3.8, 4) is 0 Å². The first kappa shape index (κ1) is 13.9. The predicted molar refractivity (Wildman–Crippen MR) is 80.5 cm³/mol. The average molecular weight is 288 g/mol. The molecule has 0 bridgehead atoms. The number of benzene rings is 1. The first-order chi connectivity index (χ1) is 10.1. The Kier molecular flexibility index (Phi) is 3.57. The second-order valence-electron chi connectivity index (χ2n) is 5.88. The molecule has 21 heavy (non-hydrogen) atoms. The van der Waals surface area contributed by atoms with Gasteiger partial charge in [0.25, 0.3) is 0 Å². The molecule has 1 heterocycles. The molecule has 1 fully saturated rings. The fourth-order valence-corrected chi connectivity index (χ4v) is 3.49. The Labute approximate surface area is 124 Å². The first-order valence-corrected chi connectivity index (χ1v) is 7.44. The number of carbonyl (C=O) groups excluding carboxylic acids is 1. The SMILES string of the molecule is CN1CCN(C(=O)[C@@H]2CCC[C@@H]2C(=O)O)c2ccccc21. The van der Waals surface area contributed by atoms with Crippen molar-refractivity contribution in [2.24, 2.45) is 11.8 Å². The maximum atomic E-state index is 12.8. The van der Waals surface area contributed by atoms with E-state index >= 15 is 0 Å². The first-order valence-electron chi connectivity index (χ1n) is 7.44. The van der Waals surface area contributed by atoms with Crippen molar-refractivity contribution in [3.05, 3.63) is 24.3 Å². The summed E-state index contributed by atoms with van der Waals surface area (Å²) in [7, 11) is 2.01. The summed E-state index contributed by atoms with van der Waals surface area (Å²) in [4.78, 5) is 28.1. The third-order valence-corrected chi connectivity index (χ3v) is 4.66. The van der Waals surface area contributed by atoms with Gasteiger partial charge in [0, 0.05) is 20.1 Å². The summed E-state index contributed by atoms with van der Waals surface area (Å²) in [5.74, 6) is -1.77. The highest BCUT2D eigenvalue weighted by Gasteiger charge is 2.41. The maximum absolute atomic E-state index is 12.8. The van der Waals surface area contributed by atoms with Crippen LogP contribution in [0.15, 0.2) is 24.3 Å². The zero-order valence-electron chi connectivity index (χ0n) is 12.2. The second-order valence-corrected chi connectivity index (χ2v) is 5.88. The zero-order valence-corrected chi connectivity index (χ0v) is 12.2. The number of fused-ring (bicyclic) bond motifs is 1. The highest BCUT2D eigenvalue weighted by atomic mass is 16.4. The van der Waals surface area contributed by atoms with Gasteiger partial charge >= 0.3 is 5.97 Å². The number of carboxylic acids is 1. The fourth-order valence-electron chi connectivity index (χ4n) is 3.49. The van der Waals surface area contributed by atoms with Gasteiger partial charge in [0.1, 0.15) is 0 Å². The van der Waals surface area contributed by atoms with Crippen LogP contribution in [0, 0.1) is 11.8 Å². The molecule has 1 N–H and O–H groups in total. The van der Waals surface area contributed by atoms with E-state index in [9.17, 15) is 14.7 Å². The molecule has 0 aromatic heterocycles. The lowest BCUT2D eigenvalue weighted by atomic mass is 9.94. The monoisotopic (exact) mass is 288 g/mol. The minimum atomic E-state index is -0.840. The van der Waals surface area contributed by atoms with Gasteiger partial charge in [-0.05, 0) is 25.0 Å². The molecule has 5 heteroatoms. The third kappa shape index (κ3) is 2.37. The smallest absolute Gasteiger partial charge is 0.307 e. The van der Waals surface area contributed by atoms with Crippen LogP contribution in [0.4, 0.5) is 11.4 Å². The summed E-state index contributed by atoms with van der Waals surface area (Å²) in [6.45, 7) is 1.39. The molecule has 1 aromatic carbocycles. The number of carbonyl (C=O) groups is 2. The molecule has 1 aliphatic carbocycles. The molecular formula is C16H20N2O3. The minimum absolute atomic E-state index is 0.0274. The van der Waals surface area contributed by atoms with Crippen LogP contribution in [0.2, 0.25) is 0 Å². The normalized spacial score (nSPS) is 24.8. The van der Waals surface area contributed by atoms with Crippen molar-refractivity contribution in [2.45, 2.75) is 19.3 Å². The molecular weight excluding hydrogens is 268 g/mol. The molecule has 2 atom stereocenters. The van der Waals surface area contributed by atoms with E-state index < -0.39 is 11.9 Å². The van der Waals surface area contributed by atoms with E-state index in [1.54, 1.807) is 4.90 Å². The van der Waals surface area contributed by atoms with E-state index in [0.717, 1.165) is 24.3 Å². The third-order valence-electron chi connectivity index (χ3n) is 4.66. The van der Waals surface area contributed by atoms with Gasteiger partial charge in [-0.15, -0.1) is 0 Å². The summed E-state index contributed by atoms with van der Waals surface area (Å²) in [6.07, 6.45) is 2.12. The number of nitrogens with zero attached hydrogens (tertiary/aromatic N) is 2. The summed E-state index contributed by atoms with van der Waals surface area (Å²) < 4.78 is 0. The Morgan fingerprint density at radius 2 is 1.76 bits per heavy atom. The van der Waals surface area contributed by atoms with Crippen LogP contribution in [0.25, 0.3) is 0 Å². The topological polar surface area (TPSA) is 60.9 Å². The maximum Gasteiger partial charge on any atom is 0.307 e. The van der Waals surface area contributed by atoms with Crippen LogP contribution in [-0.2, 0) is 9.59 Å². The van der Waals surface area contributed by atoms with E-state index in [1.165, 1.54) is 0 Å². The Morgan fingerprint density at radius 3 is 2.48 bits per heavy atom. The van der Waals surface area contributed by atoms with Crippen molar-refractivity contribution in [1.29, 1.82) is 0 Å². The van der Waals surface area contributed by atoms with Crippen molar-refractivity contribution in [2.75, 3.05) is 29.9 Å². The Morgan fingerprint density at radius 1 is 1.10 bits per heavy atom. The Balaban J connectivity index is 1.89. The molecule has 1 amide bonds. The van der Waals surface area contributed by atoms with Crippen molar-refractivity contribution < 1.29 is 14.7 Å². The van der Waals surface area contributed by atoms with Gasteiger partial charge in [0.05, 0.1) is 23.2 Å². The van der Waals surface area contributed by atoms with Crippen LogP contribution in [0.3, 0.4) is 0 Å². The number of likely N-dealkylation sites (N-methyl/N-ethyl adjacent to an activating group) is 1. The van der Waals surface area contributed by atoms with E-state index in [1.807, 2.05) is 31.3 Å². The molecule has 1 saturated carbocycles.